The van der Waals surface area contributed by atoms with E-state index >= 15 is 0 Å². The van der Waals surface area contributed by atoms with Crippen LogP contribution in [0.4, 0.5) is 0 Å². The van der Waals surface area contributed by atoms with E-state index in [1.165, 1.54) is 5.56 Å². The molecule has 0 amide bonds. The molecule has 0 radical (unpaired) electrons. The molecule has 0 aliphatic carbocycles. The van der Waals surface area contributed by atoms with Crippen LogP contribution in [0.3, 0.4) is 0 Å². The van der Waals surface area contributed by atoms with Gasteiger partial charge in [0.05, 0.1) is 0 Å². The minimum absolute atomic E-state index is 0.274. The summed E-state index contributed by atoms with van der Waals surface area (Å²) in [5.74, 6) is 1.12. The van der Waals surface area contributed by atoms with E-state index in [0.717, 1.165) is 16.6 Å². The lowest BCUT2D eigenvalue weighted by molar-refractivity contribution is 0.306. The van der Waals surface area contributed by atoms with E-state index in [1.807, 2.05) is 36.4 Å². The first-order valence-corrected chi connectivity index (χ1v) is 6.45. The van der Waals surface area contributed by atoms with Gasteiger partial charge >= 0.3 is 0 Å². The van der Waals surface area contributed by atoms with Crippen LogP contribution in [0.15, 0.2) is 48.5 Å². The van der Waals surface area contributed by atoms with Crippen LogP contribution < -0.4 is 4.74 Å². The van der Waals surface area contributed by atoms with Gasteiger partial charge in [0, 0.05) is 5.33 Å². The van der Waals surface area contributed by atoms with Gasteiger partial charge < -0.3 is 9.84 Å². The van der Waals surface area contributed by atoms with Crippen molar-refractivity contribution >= 4 is 15.9 Å². The lowest BCUT2D eigenvalue weighted by Gasteiger charge is -2.06. The summed E-state index contributed by atoms with van der Waals surface area (Å²) in [7, 11) is 0. The van der Waals surface area contributed by atoms with Crippen molar-refractivity contribution in [1.82, 2.24) is 0 Å². The van der Waals surface area contributed by atoms with Gasteiger partial charge in [0.2, 0.25) is 0 Å². The maximum atomic E-state index is 9.15. The first-order valence-electron chi connectivity index (χ1n) is 5.33. The SMILES string of the molecule is Oc1ccc(COc2ccc(CBr)cc2)cc1. The first kappa shape index (κ1) is 12.0. The molecule has 2 aromatic rings. The second kappa shape index (κ2) is 5.73. The molecule has 0 aliphatic rings. The molecule has 0 aromatic heterocycles. The summed E-state index contributed by atoms with van der Waals surface area (Å²) in [6.07, 6.45) is 0. The number of rotatable bonds is 4. The molecule has 0 fully saturated rings. The van der Waals surface area contributed by atoms with Crippen LogP contribution in [-0.4, -0.2) is 5.11 Å². The Morgan fingerprint density at radius 2 is 1.47 bits per heavy atom. The zero-order valence-corrected chi connectivity index (χ0v) is 10.9. The van der Waals surface area contributed by atoms with Crippen LogP contribution >= 0.6 is 15.9 Å². The molecular formula is C14H13BrO2. The number of benzene rings is 2. The first-order chi connectivity index (χ1) is 8.28. The summed E-state index contributed by atoms with van der Waals surface area (Å²) in [6.45, 7) is 0.508. The average Bonchev–Trinajstić information content (AvgIpc) is 2.39. The molecule has 0 aliphatic heterocycles. The van der Waals surface area contributed by atoms with Crippen molar-refractivity contribution in [2.45, 2.75) is 11.9 Å². The Kier molecular flexibility index (Phi) is 4.04. The molecule has 1 N–H and O–H groups in total. The van der Waals surface area contributed by atoms with Gasteiger partial charge in [0.25, 0.3) is 0 Å². The van der Waals surface area contributed by atoms with Gasteiger partial charge in [-0.3, -0.25) is 0 Å². The quantitative estimate of drug-likeness (QED) is 0.867. The fourth-order valence-electron chi connectivity index (χ4n) is 1.43. The average molecular weight is 293 g/mol. The fraction of sp³-hybridized carbons (Fsp3) is 0.143. The van der Waals surface area contributed by atoms with Gasteiger partial charge in [0.15, 0.2) is 0 Å². The molecule has 0 spiro atoms. The normalized spacial score (nSPS) is 10.2. The van der Waals surface area contributed by atoms with E-state index < -0.39 is 0 Å². The molecule has 2 nitrogen and oxygen atoms in total. The predicted octanol–water partition coefficient (Wildman–Crippen LogP) is 3.87. The van der Waals surface area contributed by atoms with Crippen LogP contribution in [-0.2, 0) is 11.9 Å². The van der Waals surface area contributed by atoms with Gasteiger partial charge in [0.1, 0.15) is 18.1 Å². The van der Waals surface area contributed by atoms with Crippen LogP contribution in [0.5, 0.6) is 11.5 Å². The number of halogens is 1. The highest BCUT2D eigenvalue weighted by Crippen LogP contribution is 2.16. The topological polar surface area (TPSA) is 29.5 Å². The van der Waals surface area contributed by atoms with Gasteiger partial charge in [-0.1, -0.05) is 40.2 Å². The maximum absolute atomic E-state index is 9.15. The van der Waals surface area contributed by atoms with Crippen molar-refractivity contribution in [3.8, 4) is 11.5 Å². The van der Waals surface area contributed by atoms with E-state index in [2.05, 4.69) is 15.9 Å². The minimum atomic E-state index is 0.274. The zero-order chi connectivity index (χ0) is 12.1. The largest absolute Gasteiger partial charge is 0.508 e. The third-order valence-electron chi connectivity index (χ3n) is 2.42. The minimum Gasteiger partial charge on any atom is -0.508 e. The predicted molar refractivity (Wildman–Crippen MR) is 71.5 cm³/mol. The molecule has 17 heavy (non-hydrogen) atoms. The fourth-order valence-corrected chi connectivity index (χ4v) is 1.81. The molecule has 2 aromatic carbocycles. The van der Waals surface area contributed by atoms with E-state index in [9.17, 15) is 0 Å². The molecule has 0 unspecified atom stereocenters. The molecule has 3 heteroatoms. The van der Waals surface area contributed by atoms with E-state index in [4.69, 9.17) is 9.84 Å². The number of phenolic OH excluding ortho intramolecular Hbond substituents is 1. The lowest BCUT2D eigenvalue weighted by atomic mass is 10.2. The number of hydrogen-bond acceptors (Lipinski definition) is 2. The Hall–Kier alpha value is -1.48. The van der Waals surface area contributed by atoms with E-state index in [-0.39, 0.29) is 5.75 Å². The highest BCUT2D eigenvalue weighted by atomic mass is 79.9. The summed E-state index contributed by atoms with van der Waals surface area (Å²) in [5.41, 5.74) is 2.26. The number of ether oxygens (including phenoxy) is 1. The van der Waals surface area contributed by atoms with Gasteiger partial charge in [-0.2, -0.15) is 0 Å². The summed E-state index contributed by atoms with van der Waals surface area (Å²) in [5, 5.41) is 10.0. The van der Waals surface area contributed by atoms with Crippen molar-refractivity contribution < 1.29 is 9.84 Å². The second-order valence-electron chi connectivity index (χ2n) is 3.73. The monoisotopic (exact) mass is 292 g/mol. The smallest absolute Gasteiger partial charge is 0.119 e. The third-order valence-corrected chi connectivity index (χ3v) is 3.07. The van der Waals surface area contributed by atoms with Crippen LogP contribution in [0.1, 0.15) is 11.1 Å². The Bertz CT molecular complexity index is 463. The van der Waals surface area contributed by atoms with Crippen LogP contribution in [0.2, 0.25) is 0 Å². The molecule has 0 saturated heterocycles. The maximum Gasteiger partial charge on any atom is 0.119 e. The van der Waals surface area contributed by atoms with Gasteiger partial charge in [-0.05, 0) is 35.4 Å². The Balaban J connectivity index is 1.95. The summed E-state index contributed by atoms with van der Waals surface area (Å²) < 4.78 is 5.63. The molecule has 0 heterocycles. The molecule has 0 atom stereocenters. The molecule has 2 rings (SSSR count). The molecule has 0 bridgehead atoms. The van der Waals surface area contributed by atoms with E-state index in [0.29, 0.717) is 6.61 Å². The Labute approximate surface area is 109 Å². The van der Waals surface area contributed by atoms with Crippen LogP contribution in [0.25, 0.3) is 0 Å². The number of hydrogen-bond donors (Lipinski definition) is 1. The summed E-state index contributed by atoms with van der Waals surface area (Å²) in [4.78, 5) is 0. The summed E-state index contributed by atoms with van der Waals surface area (Å²) in [6, 6.07) is 15.0. The van der Waals surface area contributed by atoms with Crippen molar-refractivity contribution in [3.05, 3.63) is 59.7 Å². The summed E-state index contributed by atoms with van der Waals surface area (Å²) >= 11 is 3.40. The highest BCUT2D eigenvalue weighted by molar-refractivity contribution is 9.08. The molecular weight excluding hydrogens is 280 g/mol. The standard InChI is InChI=1S/C14H13BrO2/c15-9-11-3-7-14(8-4-11)17-10-12-1-5-13(16)6-2-12/h1-8,16H,9-10H2. The van der Waals surface area contributed by atoms with Crippen LogP contribution in [0, 0.1) is 0 Å². The van der Waals surface area contributed by atoms with Crippen molar-refractivity contribution in [3.63, 3.8) is 0 Å². The van der Waals surface area contributed by atoms with E-state index in [1.54, 1.807) is 12.1 Å². The number of phenols is 1. The van der Waals surface area contributed by atoms with Crippen molar-refractivity contribution in [2.24, 2.45) is 0 Å². The lowest BCUT2D eigenvalue weighted by Crippen LogP contribution is -1.94. The Morgan fingerprint density at radius 1 is 0.882 bits per heavy atom. The number of alkyl halides is 1. The highest BCUT2D eigenvalue weighted by Gasteiger charge is 1.97. The zero-order valence-electron chi connectivity index (χ0n) is 9.27. The second-order valence-corrected chi connectivity index (χ2v) is 4.29. The number of aromatic hydroxyl groups is 1. The van der Waals surface area contributed by atoms with Crippen molar-refractivity contribution in [1.29, 1.82) is 0 Å². The van der Waals surface area contributed by atoms with Gasteiger partial charge in [-0.25, -0.2) is 0 Å². The Morgan fingerprint density at radius 3 is 2.06 bits per heavy atom. The van der Waals surface area contributed by atoms with Gasteiger partial charge in [-0.15, -0.1) is 0 Å². The third kappa shape index (κ3) is 3.49. The van der Waals surface area contributed by atoms with Crippen molar-refractivity contribution in [2.75, 3.05) is 0 Å². The molecule has 88 valence electrons. The molecule has 0 saturated carbocycles.